The molecule has 1 amide bonds. The van der Waals surface area contributed by atoms with Crippen LogP contribution in [0.5, 0.6) is 0 Å². The fourth-order valence-electron chi connectivity index (χ4n) is 3.32. The molecular formula is C22H21F6N3O3. The lowest BCUT2D eigenvalue weighted by Crippen LogP contribution is -2.33. The Labute approximate surface area is 190 Å². The van der Waals surface area contributed by atoms with Gasteiger partial charge in [0.1, 0.15) is 5.82 Å². The van der Waals surface area contributed by atoms with Gasteiger partial charge in [0.05, 0.1) is 0 Å². The van der Waals surface area contributed by atoms with Crippen LogP contribution >= 0.6 is 0 Å². The number of nitrogens with one attached hydrogen (secondary N) is 1. The minimum absolute atomic E-state index is 0.0961. The van der Waals surface area contributed by atoms with Crippen molar-refractivity contribution in [3.63, 3.8) is 0 Å². The first-order valence-corrected chi connectivity index (χ1v) is 9.81. The summed E-state index contributed by atoms with van der Waals surface area (Å²) in [5, 5.41) is 10.3. The van der Waals surface area contributed by atoms with Gasteiger partial charge in [0, 0.05) is 35.8 Å². The lowest BCUT2D eigenvalue weighted by Gasteiger charge is -2.29. The topological polar surface area (TPSA) is 118 Å². The zero-order valence-electron chi connectivity index (χ0n) is 17.5. The molecule has 2 aromatic carbocycles. The smallest absolute Gasteiger partial charge is 0.475 e. The number of allylic oxidation sites excluding steroid dienone is 1. The molecule has 2 aromatic rings. The molecule has 0 spiro atoms. The molecule has 184 valence electrons. The highest BCUT2D eigenvalue weighted by Crippen LogP contribution is 2.33. The number of anilines is 1. The minimum Gasteiger partial charge on any atom is -0.475 e. The molecule has 0 aliphatic heterocycles. The van der Waals surface area contributed by atoms with Gasteiger partial charge in [-0.1, -0.05) is 17.7 Å². The third kappa shape index (κ3) is 7.24. The summed E-state index contributed by atoms with van der Waals surface area (Å²) in [5.74, 6) is -6.75. The van der Waals surface area contributed by atoms with E-state index in [-0.39, 0.29) is 5.56 Å². The van der Waals surface area contributed by atoms with E-state index in [4.69, 9.17) is 21.4 Å². The van der Waals surface area contributed by atoms with Crippen LogP contribution in [0.4, 0.5) is 32.0 Å². The number of primary amides is 1. The number of amides is 1. The average molecular weight is 489 g/mol. The third-order valence-electron chi connectivity index (χ3n) is 5.02. The van der Waals surface area contributed by atoms with Gasteiger partial charge in [0.25, 0.3) is 0 Å². The Morgan fingerprint density at radius 1 is 1.06 bits per heavy atom. The highest BCUT2D eigenvalue weighted by Gasteiger charge is 2.38. The highest BCUT2D eigenvalue weighted by molar-refractivity contribution is 5.93. The summed E-state index contributed by atoms with van der Waals surface area (Å²) in [4.78, 5) is 20.1. The Balaban J connectivity index is 0.000000509. The maximum Gasteiger partial charge on any atom is 0.490 e. The maximum absolute atomic E-state index is 14.0. The Morgan fingerprint density at radius 3 is 2.24 bits per heavy atom. The monoisotopic (exact) mass is 489 g/mol. The van der Waals surface area contributed by atoms with Crippen molar-refractivity contribution in [2.75, 3.05) is 11.9 Å². The molecule has 0 aromatic heterocycles. The first-order chi connectivity index (χ1) is 15.8. The van der Waals surface area contributed by atoms with Crippen molar-refractivity contribution in [1.82, 2.24) is 0 Å². The fourth-order valence-corrected chi connectivity index (χ4v) is 3.32. The SMILES string of the molecule is NC(=O)c1cccc(NCC2=CC[C@H](c3cc(F)c(F)cc3F)[C@@H](N)C2)c1.O=C(O)C(F)(F)F. The van der Waals surface area contributed by atoms with Crippen LogP contribution in [0.3, 0.4) is 0 Å². The van der Waals surface area contributed by atoms with Gasteiger partial charge in [-0.2, -0.15) is 13.2 Å². The number of hydrogen-bond donors (Lipinski definition) is 4. The van der Waals surface area contributed by atoms with Crippen molar-refractivity contribution in [1.29, 1.82) is 0 Å². The summed E-state index contributed by atoms with van der Waals surface area (Å²) in [7, 11) is 0. The van der Waals surface area contributed by atoms with E-state index >= 15 is 0 Å². The zero-order valence-corrected chi connectivity index (χ0v) is 17.5. The Bertz CT molecular complexity index is 1090. The number of benzene rings is 2. The van der Waals surface area contributed by atoms with Crippen molar-refractivity contribution in [2.45, 2.75) is 31.0 Å². The maximum atomic E-state index is 14.0. The van der Waals surface area contributed by atoms with Crippen LogP contribution in [-0.4, -0.2) is 35.7 Å². The second-order valence-electron chi connectivity index (χ2n) is 7.46. The van der Waals surface area contributed by atoms with Crippen LogP contribution < -0.4 is 16.8 Å². The van der Waals surface area contributed by atoms with Gasteiger partial charge in [-0.3, -0.25) is 4.79 Å². The quantitative estimate of drug-likeness (QED) is 0.287. The van der Waals surface area contributed by atoms with Gasteiger partial charge in [-0.05, 0) is 42.7 Å². The van der Waals surface area contributed by atoms with E-state index in [1.54, 1.807) is 18.2 Å². The van der Waals surface area contributed by atoms with E-state index in [2.05, 4.69) is 5.32 Å². The number of carboxylic acid groups (broad SMARTS) is 1. The predicted octanol–water partition coefficient (Wildman–Crippen LogP) is 4.08. The summed E-state index contributed by atoms with van der Waals surface area (Å²) in [6, 6.07) is 7.87. The van der Waals surface area contributed by atoms with Crippen molar-refractivity contribution in [3.05, 3.63) is 76.6 Å². The molecule has 0 saturated heterocycles. The van der Waals surface area contributed by atoms with Gasteiger partial charge < -0.3 is 21.9 Å². The van der Waals surface area contributed by atoms with E-state index in [0.29, 0.717) is 31.0 Å². The molecule has 0 unspecified atom stereocenters. The fraction of sp³-hybridized carbons (Fsp3) is 0.273. The largest absolute Gasteiger partial charge is 0.490 e. The average Bonchev–Trinajstić information content (AvgIpc) is 2.75. The third-order valence-corrected chi connectivity index (χ3v) is 5.02. The molecule has 12 heteroatoms. The summed E-state index contributed by atoms with van der Waals surface area (Å²) < 4.78 is 72.4. The number of carbonyl (C=O) groups excluding carboxylic acids is 1. The predicted molar refractivity (Wildman–Crippen MR) is 111 cm³/mol. The molecule has 0 bridgehead atoms. The molecule has 0 saturated carbocycles. The van der Waals surface area contributed by atoms with Gasteiger partial charge in [0.2, 0.25) is 5.91 Å². The Morgan fingerprint density at radius 2 is 1.68 bits per heavy atom. The normalized spacial score (nSPS) is 17.8. The first kappa shape index (κ1) is 26.7. The first-order valence-electron chi connectivity index (χ1n) is 9.81. The molecule has 6 nitrogen and oxygen atoms in total. The molecule has 0 fully saturated rings. The lowest BCUT2D eigenvalue weighted by atomic mass is 9.80. The molecule has 1 aliphatic carbocycles. The summed E-state index contributed by atoms with van der Waals surface area (Å²) in [5.41, 5.74) is 13.7. The number of nitrogens with two attached hydrogens (primary N) is 2. The molecular weight excluding hydrogens is 468 g/mol. The van der Waals surface area contributed by atoms with E-state index in [1.165, 1.54) is 0 Å². The van der Waals surface area contributed by atoms with Gasteiger partial charge in [-0.25, -0.2) is 18.0 Å². The molecule has 1 aliphatic rings. The second kappa shape index (κ2) is 11.1. The van der Waals surface area contributed by atoms with E-state index in [0.717, 1.165) is 17.3 Å². The van der Waals surface area contributed by atoms with Gasteiger partial charge in [-0.15, -0.1) is 0 Å². The molecule has 0 heterocycles. The molecule has 6 N–H and O–H groups in total. The zero-order chi connectivity index (χ0) is 25.6. The van der Waals surface area contributed by atoms with Gasteiger partial charge in [0.15, 0.2) is 11.6 Å². The van der Waals surface area contributed by atoms with Crippen LogP contribution in [-0.2, 0) is 4.79 Å². The number of carbonyl (C=O) groups is 2. The molecule has 2 atom stereocenters. The Hall–Kier alpha value is -3.54. The van der Waals surface area contributed by atoms with Crippen LogP contribution in [0.15, 0.2) is 48.0 Å². The summed E-state index contributed by atoms with van der Waals surface area (Å²) >= 11 is 0. The van der Waals surface area contributed by atoms with Crippen LogP contribution in [0.25, 0.3) is 0 Å². The van der Waals surface area contributed by atoms with Crippen molar-refractivity contribution >= 4 is 17.6 Å². The summed E-state index contributed by atoms with van der Waals surface area (Å²) in [6.07, 6.45) is -2.23. The number of carboxylic acids is 1. The second-order valence-corrected chi connectivity index (χ2v) is 7.46. The van der Waals surface area contributed by atoms with Crippen molar-refractivity contribution in [2.24, 2.45) is 11.5 Å². The van der Waals surface area contributed by atoms with Crippen LogP contribution in [0.1, 0.15) is 34.7 Å². The standard InChI is InChI=1S/C20H20F3N3O.C2HF3O2/c21-16-9-18(23)17(22)8-15(16)14-5-4-11(6-19(14)24)10-26-13-3-1-2-12(7-13)20(25)27;3-2(4,5)1(6)7/h1-4,7-9,14,19,26H,5-6,10,24H2,(H2,25,27);(H,6,7)/t14-,19+;/m1./s1. The number of alkyl halides is 3. The number of aliphatic carboxylic acids is 1. The van der Waals surface area contributed by atoms with Crippen LogP contribution in [0.2, 0.25) is 0 Å². The number of hydrogen-bond acceptors (Lipinski definition) is 4. The lowest BCUT2D eigenvalue weighted by molar-refractivity contribution is -0.192. The molecule has 0 radical (unpaired) electrons. The Kier molecular flexibility index (Phi) is 8.68. The van der Waals surface area contributed by atoms with Gasteiger partial charge >= 0.3 is 12.1 Å². The minimum atomic E-state index is -5.08. The van der Waals surface area contributed by atoms with E-state index in [9.17, 15) is 31.1 Å². The highest BCUT2D eigenvalue weighted by atomic mass is 19.4. The van der Waals surface area contributed by atoms with E-state index < -0.39 is 47.5 Å². The molecule has 3 rings (SSSR count). The van der Waals surface area contributed by atoms with Crippen molar-refractivity contribution in [3.8, 4) is 0 Å². The van der Waals surface area contributed by atoms with Crippen molar-refractivity contribution < 1.29 is 41.0 Å². The molecule has 34 heavy (non-hydrogen) atoms. The van der Waals surface area contributed by atoms with Crippen LogP contribution in [0, 0.1) is 17.5 Å². The summed E-state index contributed by atoms with van der Waals surface area (Å²) in [6.45, 7) is 0.503. The number of halogens is 6. The van der Waals surface area contributed by atoms with E-state index in [1.807, 2.05) is 12.1 Å². The number of rotatable bonds is 5.